The first kappa shape index (κ1) is 15.8. The van der Waals surface area contributed by atoms with Crippen LogP contribution in [0.25, 0.3) is 33.8 Å². The number of amides is 1. The van der Waals surface area contributed by atoms with E-state index in [4.69, 9.17) is 10.8 Å². The Balaban J connectivity index is 1.87. The molecule has 0 aliphatic rings. The lowest BCUT2D eigenvalue weighted by atomic mass is 10.0. The lowest BCUT2D eigenvalue weighted by molar-refractivity contribution is -0.113. The smallest absolute Gasteiger partial charge is 0.241 e. The Labute approximate surface area is 151 Å². The summed E-state index contributed by atoms with van der Waals surface area (Å²) in [5.74, 6) is -0.484. The first-order valence-electron chi connectivity index (χ1n) is 8.32. The Kier molecular flexibility index (Phi) is 4.07. The number of benzene rings is 3. The Morgan fingerprint density at radius 1 is 0.923 bits per heavy atom. The van der Waals surface area contributed by atoms with Gasteiger partial charge in [-0.15, -0.1) is 0 Å². The highest BCUT2D eigenvalue weighted by Crippen LogP contribution is 2.28. The number of hydrogen-bond acceptors (Lipinski definition) is 2. The first-order valence-corrected chi connectivity index (χ1v) is 8.32. The monoisotopic (exact) mass is 339 g/mol. The van der Waals surface area contributed by atoms with E-state index in [0.717, 1.165) is 27.9 Å². The summed E-state index contributed by atoms with van der Waals surface area (Å²) in [5.41, 5.74) is 8.85. The third kappa shape index (κ3) is 3.13. The summed E-state index contributed by atoms with van der Waals surface area (Å²) in [4.78, 5) is 11.2. The van der Waals surface area contributed by atoms with Crippen molar-refractivity contribution >= 4 is 22.8 Å². The Hall–Kier alpha value is -3.66. The molecule has 4 nitrogen and oxygen atoms in total. The van der Waals surface area contributed by atoms with Crippen molar-refractivity contribution in [1.82, 2.24) is 9.78 Å². The van der Waals surface area contributed by atoms with Crippen LogP contribution in [0.5, 0.6) is 0 Å². The summed E-state index contributed by atoms with van der Waals surface area (Å²) in [6.45, 7) is 0. The molecule has 0 aliphatic carbocycles. The fourth-order valence-electron chi connectivity index (χ4n) is 2.96. The number of primary amides is 1. The van der Waals surface area contributed by atoms with Gasteiger partial charge >= 0.3 is 0 Å². The van der Waals surface area contributed by atoms with Gasteiger partial charge in [-0.3, -0.25) is 4.79 Å². The van der Waals surface area contributed by atoms with Gasteiger partial charge in [0.1, 0.15) is 0 Å². The predicted molar refractivity (Wildman–Crippen MR) is 105 cm³/mol. The van der Waals surface area contributed by atoms with Gasteiger partial charge in [-0.2, -0.15) is 5.10 Å². The first-order chi connectivity index (χ1) is 12.7. The van der Waals surface area contributed by atoms with E-state index < -0.39 is 5.91 Å². The molecule has 4 aromatic rings. The number of nitrogens with two attached hydrogens (primary N) is 1. The number of hydrogen-bond donors (Lipinski definition) is 1. The number of carbonyl (C=O) groups is 1. The number of aromatic nitrogens is 2. The van der Waals surface area contributed by atoms with Crippen LogP contribution in [0.1, 0.15) is 5.56 Å². The fourth-order valence-corrected chi connectivity index (χ4v) is 2.96. The van der Waals surface area contributed by atoms with Crippen LogP contribution in [0.3, 0.4) is 0 Å². The normalized spacial score (nSPS) is 11.2. The Morgan fingerprint density at radius 3 is 2.42 bits per heavy atom. The zero-order valence-corrected chi connectivity index (χ0v) is 14.0. The molecule has 0 saturated heterocycles. The van der Waals surface area contributed by atoms with Gasteiger partial charge in [0, 0.05) is 23.4 Å². The van der Waals surface area contributed by atoms with E-state index in [2.05, 4.69) is 24.3 Å². The lowest BCUT2D eigenvalue weighted by Crippen LogP contribution is -2.05. The van der Waals surface area contributed by atoms with Gasteiger partial charge in [0.05, 0.1) is 11.4 Å². The van der Waals surface area contributed by atoms with Crippen molar-refractivity contribution in [3.8, 4) is 16.9 Å². The second kappa shape index (κ2) is 6.69. The van der Waals surface area contributed by atoms with Crippen molar-refractivity contribution < 1.29 is 4.79 Å². The zero-order chi connectivity index (χ0) is 17.9. The highest BCUT2D eigenvalue weighted by Gasteiger charge is 2.11. The number of fused-ring (bicyclic) bond motifs is 1. The maximum Gasteiger partial charge on any atom is 0.241 e. The highest BCUT2D eigenvalue weighted by molar-refractivity contribution is 5.92. The topological polar surface area (TPSA) is 60.9 Å². The minimum Gasteiger partial charge on any atom is -0.366 e. The molecule has 0 unspecified atom stereocenters. The number of para-hydroxylation sites is 1. The van der Waals surface area contributed by atoms with E-state index in [-0.39, 0.29) is 0 Å². The van der Waals surface area contributed by atoms with Crippen LogP contribution in [0.15, 0.2) is 85.1 Å². The van der Waals surface area contributed by atoms with Gasteiger partial charge in [0.25, 0.3) is 0 Å². The molecule has 126 valence electrons. The Bertz CT molecular complexity index is 1110. The van der Waals surface area contributed by atoms with Crippen molar-refractivity contribution in [2.75, 3.05) is 0 Å². The minimum absolute atomic E-state index is 0.484. The molecule has 0 aliphatic heterocycles. The summed E-state index contributed by atoms with van der Waals surface area (Å²) >= 11 is 0. The van der Waals surface area contributed by atoms with E-state index in [1.54, 1.807) is 6.08 Å². The molecule has 4 rings (SSSR count). The van der Waals surface area contributed by atoms with Crippen LogP contribution in [0.2, 0.25) is 0 Å². The van der Waals surface area contributed by atoms with E-state index >= 15 is 0 Å². The minimum atomic E-state index is -0.484. The maximum atomic E-state index is 11.2. The van der Waals surface area contributed by atoms with E-state index in [1.165, 1.54) is 11.5 Å². The molecule has 3 aromatic carbocycles. The molecule has 0 bridgehead atoms. The molecule has 0 saturated carbocycles. The summed E-state index contributed by atoms with van der Waals surface area (Å²) in [5, 5.41) is 7.07. The van der Waals surface area contributed by atoms with E-state index in [1.807, 2.05) is 59.4 Å². The average molecular weight is 339 g/mol. The van der Waals surface area contributed by atoms with Crippen LogP contribution >= 0.6 is 0 Å². The quantitative estimate of drug-likeness (QED) is 0.567. The summed E-state index contributed by atoms with van der Waals surface area (Å²) < 4.78 is 1.81. The summed E-state index contributed by atoms with van der Waals surface area (Å²) in [6, 6.07) is 24.3. The number of carbonyl (C=O) groups excluding carboxylic acids is 1. The molecule has 1 amide bonds. The predicted octanol–water partition coefficient (Wildman–Crippen LogP) is 4.19. The second-order valence-corrected chi connectivity index (χ2v) is 6.01. The van der Waals surface area contributed by atoms with Gasteiger partial charge < -0.3 is 5.73 Å². The lowest BCUT2D eigenvalue weighted by Gasteiger charge is -2.03. The molecule has 2 N–H and O–H groups in total. The van der Waals surface area contributed by atoms with E-state index in [0.29, 0.717) is 0 Å². The molecule has 0 radical (unpaired) electrons. The van der Waals surface area contributed by atoms with Crippen LogP contribution < -0.4 is 5.73 Å². The molecular weight excluding hydrogens is 322 g/mol. The van der Waals surface area contributed by atoms with Gasteiger partial charge in [0.15, 0.2) is 0 Å². The van der Waals surface area contributed by atoms with Crippen molar-refractivity contribution in [3.63, 3.8) is 0 Å². The third-order valence-electron chi connectivity index (χ3n) is 4.21. The molecule has 26 heavy (non-hydrogen) atoms. The standard InChI is InChI=1S/C22H17N3O/c23-21(26)13-12-19-15-25(20-8-2-1-3-9-20)24-22(19)18-11-10-16-6-4-5-7-17(16)14-18/h1-15H,(H2,23,26). The van der Waals surface area contributed by atoms with Crippen molar-refractivity contribution in [2.45, 2.75) is 0 Å². The van der Waals surface area contributed by atoms with Gasteiger partial charge in [0.2, 0.25) is 5.91 Å². The van der Waals surface area contributed by atoms with Crippen molar-refractivity contribution in [2.24, 2.45) is 5.73 Å². The van der Waals surface area contributed by atoms with E-state index in [9.17, 15) is 4.79 Å². The summed E-state index contributed by atoms with van der Waals surface area (Å²) in [7, 11) is 0. The molecular formula is C22H17N3O. The zero-order valence-electron chi connectivity index (χ0n) is 14.0. The van der Waals surface area contributed by atoms with Crippen LogP contribution in [-0.4, -0.2) is 15.7 Å². The van der Waals surface area contributed by atoms with Crippen LogP contribution in [-0.2, 0) is 4.79 Å². The van der Waals surface area contributed by atoms with Gasteiger partial charge in [-0.1, -0.05) is 54.6 Å². The second-order valence-electron chi connectivity index (χ2n) is 6.01. The average Bonchev–Trinajstić information content (AvgIpc) is 3.11. The molecule has 0 spiro atoms. The summed E-state index contributed by atoms with van der Waals surface area (Å²) in [6.07, 6.45) is 4.97. The number of nitrogens with zero attached hydrogens (tertiary/aromatic N) is 2. The van der Waals surface area contributed by atoms with Crippen molar-refractivity contribution in [1.29, 1.82) is 0 Å². The van der Waals surface area contributed by atoms with Crippen LogP contribution in [0.4, 0.5) is 0 Å². The number of rotatable bonds is 4. The third-order valence-corrected chi connectivity index (χ3v) is 4.21. The van der Waals surface area contributed by atoms with Gasteiger partial charge in [-0.25, -0.2) is 4.68 Å². The molecule has 1 aromatic heterocycles. The maximum absolute atomic E-state index is 11.2. The molecule has 4 heteroatoms. The van der Waals surface area contributed by atoms with Gasteiger partial charge in [-0.05, 0) is 35.0 Å². The largest absolute Gasteiger partial charge is 0.366 e. The highest BCUT2D eigenvalue weighted by atomic mass is 16.1. The molecule has 0 atom stereocenters. The Morgan fingerprint density at radius 2 is 1.65 bits per heavy atom. The SMILES string of the molecule is NC(=O)C=Cc1cn(-c2ccccc2)nc1-c1ccc2ccccc2c1. The van der Waals surface area contributed by atoms with Crippen LogP contribution in [0, 0.1) is 0 Å². The molecule has 1 heterocycles. The fraction of sp³-hybridized carbons (Fsp3) is 0. The molecule has 0 fully saturated rings. The van der Waals surface area contributed by atoms with Crippen molar-refractivity contribution in [3.05, 3.63) is 90.6 Å².